The molecule has 0 aliphatic carbocycles. The molecular weight excluding hydrogens is 268 g/mol. The number of nitrogens with zero attached hydrogens (tertiary/aromatic N) is 1. The average molecular weight is 292 g/mol. The summed E-state index contributed by atoms with van der Waals surface area (Å²) >= 11 is 0. The molecule has 1 aliphatic heterocycles. The number of piperidine rings is 1. The molecule has 21 heavy (non-hydrogen) atoms. The molecule has 1 fully saturated rings. The van der Waals surface area contributed by atoms with Crippen LogP contribution in [0.25, 0.3) is 0 Å². The summed E-state index contributed by atoms with van der Waals surface area (Å²) in [6.45, 7) is 5.94. The zero-order valence-electron chi connectivity index (χ0n) is 13.2. The van der Waals surface area contributed by atoms with Crippen LogP contribution in [0.5, 0.6) is 11.5 Å². The Morgan fingerprint density at radius 3 is 2.33 bits per heavy atom. The molecule has 2 rings (SSSR count). The minimum Gasteiger partial charge on any atom is -0.493 e. The van der Waals surface area contributed by atoms with E-state index in [9.17, 15) is 4.79 Å². The molecule has 116 valence electrons. The Hall–Kier alpha value is -1.91. The fourth-order valence-electron chi connectivity index (χ4n) is 3.13. The van der Waals surface area contributed by atoms with Crippen LogP contribution in [0.15, 0.2) is 12.1 Å². The van der Waals surface area contributed by atoms with Gasteiger partial charge in [0.1, 0.15) is 0 Å². The van der Waals surface area contributed by atoms with Crippen LogP contribution in [0.1, 0.15) is 30.6 Å². The van der Waals surface area contributed by atoms with Crippen LogP contribution in [0, 0.1) is 11.8 Å². The first-order valence-corrected chi connectivity index (χ1v) is 7.27. The molecule has 1 heterocycles. The summed E-state index contributed by atoms with van der Waals surface area (Å²) in [5, 5.41) is 0. The molecule has 1 amide bonds. The second-order valence-corrected chi connectivity index (χ2v) is 5.96. The summed E-state index contributed by atoms with van der Waals surface area (Å²) in [7, 11) is 3.07. The van der Waals surface area contributed by atoms with Gasteiger partial charge in [0.2, 0.25) is 0 Å². The van der Waals surface area contributed by atoms with Crippen LogP contribution >= 0.6 is 0 Å². The topological polar surface area (TPSA) is 64.8 Å². The highest BCUT2D eigenvalue weighted by Gasteiger charge is 2.27. The number of nitrogen functional groups attached to an aromatic ring is 1. The third-order valence-corrected chi connectivity index (χ3v) is 3.91. The summed E-state index contributed by atoms with van der Waals surface area (Å²) in [5.74, 6) is 2.00. The Bertz CT molecular complexity index is 520. The van der Waals surface area contributed by atoms with Gasteiger partial charge in [-0.05, 0) is 30.4 Å². The fraction of sp³-hybridized carbons (Fsp3) is 0.562. The summed E-state index contributed by atoms with van der Waals surface area (Å²) in [5.41, 5.74) is 6.92. The van der Waals surface area contributed by atoms with Crippen molar-refractivity contribution >= 4 is 11.6 Å². The molecule has 0 radical (unpaired) electrons. The lowest BCUT2D eigenvalue weighted by Crippen LogP contribution is -2.42. The van der Waals surface area contributed by atoms with Crippen molar-refractivity contribution in [3.8, 4) is 11.5 Å². The first-order chi connectivity index (χ1) is 9.96. The van der Waals surface area contributed by atoms with E-state index in [1.54, 1.807) is 12.1 Å². The largest absolute Gasteiger partial charge is 0.493 e. The number of benzene rings is 1. The van der Waals surface area contributed by atoms with E-state index in [0.717, 1.165) is 19.5 Å². The van der Waals surface area contributed by atoms with E-state index in [2.05, 4.69) is 13.8 Å². The van der Waals surface area contributed by atoms with Gasteiger partial charge in [-0.3, -0.25) is 4.79 Å². The maximum Gasteiger partial charge on any atom is 0.254 e. The number of rotatable bonds is 3. The highest BCUT2D eigenvalue weighted by Crippen LogP contribution is 2.35. The predicted octanol–water partition coefficient (Wildman–Crippen LogP) is 2.40. The Morgan fingerprint density at radius 2 is 1.81 bits per heavy atom. The smallest absolute Gasteiger partial charge is 0.254 e. The minimum atomic E-state index is 0.000975. The maximum atomic E-state index is 12.7. The van der Waals surface area contributed by atoms with E-state index in [1.165, 1.54) is 14.2 Å². The van der Waals surface area contributed by atoms with Gasteiger partial charge in [0, 0.05) is 18.7 Å². The molecule has 2 unspecified atom stereocenters. The van der Waals surface area contributed by atoms with Crippen LogP contribution in [0.3, 0.4) is 0 Å². The number of amides is 1. The molecule has 2 atom stereocenters. The summed E-state index contributed by atoms with van der Waals surface area (Å²) < 4.78 is 10.5. The summed E-state index contributed by atoms with van der Waals surface area (Å²) in [4.78, 5) is 14.6. The van der Waals surface area contributed by atoms with Gasteiger partial charge < -0.3 is 20.1 Å². The molecule has 0 aromatic heterocycles. The highest BCUT2D eigenvalue weighted by molar-refractivity contribution is 5.96. The third-order valence-electron chi connectivity index (χ3n) is 3.91. The molecule has 5 heteroatoms. The predicted molar refractivity (Wildman–Crippen MR) is 82.8 cm³/mol. The van der Waals surface area contributed by atoms with Crippen molar-refractivity contribution < 1.29 is 14.3 Å². The molecule has 1 saturated heterocycles. The monoisotopic (exact) mass is 292 g/mol. The van der Waals surface area contributed by atoms with Gasteiger partial charge in [-0.15, -0.1) is 0 Å². The number of nitrogens with two attached hydrogens (primary N) is 1. The van der Waals surface area contributed by atoms with Crippen molar-refractivity contribution in [2.24, 2.45) is 11.8 Å². The number of methoxy groups -OCH3 is 2. The van der Waals surface area contributed by atoms with Crippen molar-refractivity contribution in [1.29, 1.82) is 0 Å². The van der Waals surface area contributed by atoms with Crippen molar-refractivity contribution in [3.63, 3.8) is 0 Å². The van der Waals surface area contributed by atoms with Gasteiger partial charge in [0.25, 0.3) is 5.91 Å². The SMILES string of the molecule is COc1cc(C(=O)N2CC(C)CC(C)C2)cc(N)c1OC. The maximum absolute atomic E-state index is 12.7. The summed E-state index contributed by atoms with van der Waals surface area (Å²) in [6, 6.07) is 3.36. The number of carbonyl (C=O) groups excluding carboxylic acids is 1. The molecule has 1 aromatic rings. The second kappa shape index (κ2) is 6.24. The summed E-state index contributed by atoms with van der Waals surface area (Å²) in [6.07, 6.45) is 1.16. The van der Waals surface area contributed by atoms with Crippen LogP contribution in [-0.2, 0) is 0 Å². The number of hydrogen-bond acceptors (Lipinski definition) is 4. The lowest BCUT2D eigenvalue weighted by Gasteiger charge is -2.35. The van der Waals surface area contributed by atoms with Crippen molar-refractivity contribution in [2.45, 2.75) is 20.3 Å². The van der Waals surface area contributed by atoms with Crippen LogP contribution in [0.2, 0.25) is 0 Å². The lowest BCUT2D eigenvalue weighted by molar-refractivity contribution is 0.0623. The van der Waals surface area contributed by atoms with Gasteiger partial charge >= 0.3 is 0 Å². The van der Waals surface area contributed by atoms with Crippen LogP contribution in [0.4, 0.5) is 5.69 Å². The molecular formula is C16H24N2O3. The average Bonchev–Trinajstić information content (AvgIpc) is 2.44. The zero-order chi connectivity index (χ0) is 15.6. The molecule has 1 aromatic carbocycles. The first-order valence-electron chi connectivity index (χ1n) is 7.27. The van der Waals surface area contributed by atoms with Crippen molar-refractivity contribution in [1.82, 2.24) is 4.90 Å². The number of hydrogen-bond donors (Lipinski definition) is 1. The van der Waals surface area contributed by atoms with E-state index in [1.807, 2.05) is 4.90 Å². The van der Waals surface area contributed by atoms with Crippen molar-refractivity contribution in [2.75, 3.05) is 33.0 Å². The third kappa shape index (κ3) is 3.23. The van der Waals surface area contributed by atoms with Gasteiger partial charge in [-0.2, -0.15) is 0 Å². The number of carbonyl (C=O) groups is 1. The van der Waals surface area contributed by atoms with E-state index in [4.69, 9.17) is 15.2 Å². The molecule has 0 spiro atoms. The standard InChI is InChI=1S/C16H24N2O3/c1-10-5-11(2)9-18(8-10)16(19)12-6-13(17)15(21-4)14(7-12)20-3/h6-7,10-11H,5,8-9,17H2,1-4H3. The molecule has 0 bridgehead atoms. The van der Waals surface area contributed by atoms with E-state index >= 15 is 0 Å². The quantitative estimate of drug-likeness (QED) is 0.869. The Labute approximate surface area is 126 Å². The van der Waals surface area contributed by atoms with Crippen molar-refractivity contribution in [3.05, 3.63) is 17.7 Å². The second-order valence-electron chi connectivity index (χ2n) is 5.96. The highest BCUT2D eigenvalue weighted by atomic mass is 16.5. The normalized spacial score (nSPS) is 22.0. The molecule has 1 aliphatic rings. The van der Waals surface area contributed by atoms with Crippen LogP contribution < -0.4 is 15.2 Å². The van der Waals surface area contributed by atoms with Gasteiger partial charge in [0.05, 0.1) is 19.9 Å². The first kappa shape index (κ1) is 15.5. The minimum absolute atomic E-state index is 0.000975. The van der Waals surface area contributed by atoms with Gasteiger partial charge in [-0.25, -0.2) is 0 Å². The van der Waals surface area contributed by atoms with Gasteiger partial charge in [-0.1, -0.05) is 13.8 Å². The van der Waals surface area contributed by atoms with E-state index in [-0.39, 0.29) is 5.91 Å². The fourth-order valence-corrected chi connectivity index (χ4v) is 3.13. The number of anilines is 1. The zero-order valence-corrected chi connectivity index (χ0v) is 13.2. The Balaban J connectivity index is 2.29. The molecule has 2 N–H and O–H groups in total. The number of likely N-dealkylation sites (tertiary alicyclic amines) is 1. The van der Waals surface area contributed by atoms with E-state index < -0.39 is 0 Å². The molecule has 5 nitrogen and oxygen atoms in total. The van der Waals surface area contributed by atoms with Gasteiger partial charge in [0.15, 0.2) is 11.5 Å². The van der Waals surface area contributed by atoms with E-state index in [0.29, 0.717) is 34.6 Å². The number of ether oxygens (including phenoxy) is 2. The Morgan fingerprint density at radius 1 is 1.19 bits per heavy atom. The van der Waals surface area contributed by atoms with Crippen LogP contribution in [-0.4, -0.2) is 38.1 Å². The molecule has 0 saturated carbocycles. The Kier molecular flexibility index (Phi) is 4.60. The lowest BCUT2D eigenvalue weighted by atomic mass is 9.91.